The van der Waals surface area contributed by atoms with Crippen LogP contribution in [0.15, 0.2) is 61.1 Å². The summed E-state index contributed by atoms with van der Waals surface area (Å²) in [5.41, 5.74) is 3.66. The second-order valence-electron chi connectivity index (χ2n) is 7.82. The van der Waals surface area contributed by atoms with Crippen LogP contribution in [0.5, 0.6) is 11.5 Å². The summed E-state index contributed by atoms with van der Waals surface area (Å²) in [6.07, 6.45) is 5.50. The highest BCUT2D eigenvalue weighted by Crippen LogP contribution is 2.32. The molecular weight excluding hydrogens is 432 g/mol. The van der Waals surface area contributed by atoms with Gasteiger partial charge in [0.05, 0.1) is 19.9 Å². The summed E-state index contributed by atoms with van der Waals surface area (Å²) in [7, 11) is 3.20. The molecule has 0 saturated carbocycles. The van der Waals surface area contributed by atoms with Crippen molar-refractivity contribution < 1.29 is 14.3 Å². The Hall–Kier alpha value is -4.11. The first-order chi connectivity index (χ1) is 16.7. The molecule has 173 valence electrons. The first-order valence-corrected chi connectivity index (χ1v) is 10.9. The molecule has 0 aliphatic carbocycles. The maximum absolute atomic E-state index is 13.0. The Morgan fingerprint density at radius 1 is 1.12 bits per heavy atom. The van der Waals surface area contributed by atoms with Crippen LogP contribution in [0.1, 0.15) is 10.4 Å². The lowest BCUT2D eigenvalue weighted by Crippen LogP contribution is -2.43. The van der Waals surface area contributed by atoms with Gasteiger partial charge < -0.3 is 29.4 Å². The highest BCUT2D eigenvalue weighted by Gasteiger charge is 2.19. The van der Waals surface area contributed by atoms with Crippen LogP contribution in [0.3, 0.4) is 0 Å². The molecular formula is C25H25N6O3. The predicted octanol–water partition coefficient (Wildman–Crippen LogP) is 3.36. The van der Waals surface area contributed by atoms with E-state index >= 15 is 0 Å². The Kier molecular flexibility index (Phi) is 6.01. The van der Waals surface area contributed by atoms with E-state index in [0.29, 0.717) is 41.6 Å². The summed E-state index contributed by atoms with van der Waals surface area (Å²) >= 11 is 0. The summed E-state index contributed by atoms with van der Waals surface area (Å²) in [4.78, 5) is 24.1. The largest absolute Gasteiger partial charge is 0.493 e. The van der Waals surface area contributed by atoms with Gasteiger partial charge in [0.2, 0.25) is 0 Å². The number of rotatable bonds is 6. The van der Waals surface area contributed by atoms with Crippen molar-refractivity contribution in [3.05, 3.63) is 73.2 Å². The van der Waals surface area contributed by atoms with Crippen molar-refractivity contribution >= 4 is 23.1 Å². The Balaban J connectivity index is 1.49. The third-order valence-corrected chi connectivity index (χ3v) is 5.69. The average molecular weight is 458 g/mol. The molecule has 2 aromatic carbocycles. The second kappa shape index (κ2) is 9.40. The molecule has 1 fully saturated rings. The maximum atomic E-state index is 13.0. The number of imidazole rings is 1. The number of nitrogens with zero attached hydrogens (tertiary/aromatic N) is 4. The lowest BCUT2D eigenvalue weighted by atomic mass is 10.1. The minimum absolute atomic E-state index is 0.00647. The van der Waals surface area contributed by atoms with Gasteiger partial charge in [0.15, 0.2) is 23.0 Å². The van der Waals surface area contributed by atoms with Crippen LogP contribution in [-0.4, -0.2) is 59.0 Å². The van der Waals surface area contributed by atoms with E-state index in [1.54, 1.807) is 20.4 Å². The molecule has 34 heavy (non-hydrogen) atoms. The monoisotopic (exact) mass is 457 g/mol. The number of amides is 1. The number of aromatic nitrogens is 3. The summed E-state index contributed by atoms with van der Waals surface area (Å²) < 4.78 is 12.7. The van der Waals surface area contributed by atoms with Gasteiger partial charge in [0.1, 0.15) is 0 Å². The van der Waals surface area contributed by atoms with Crippen molar-refractivity contribution in [2.24, 2.45) is 0 Å². The highest BCUT2D eigenvalue weighted by atomic mass is 16.5. The van der Waals surface area contributed by atoms with Crippen LogP contribution in [0.2, 0.25) is 0 Å². The summed E-state index contributed by atoms with van der Waals surface area (Å²) in [6, 6.07) is 13.1. The van der Waals surface area contributed by atoms with Crippen molar-refractivity contribution in [2.75, 3.05) is 39.2 Å². The Bertz CT molecular complexity index is 1330. The predicted molar refractivity (Wildman–Crippen MR) is 129 cm³/mol. The van der Waals surface area contributed by atoms with Gasteiger partial charge in [-0.05, 0) is 24.3 Å². The number of piperazine rings is 1. The molecule has 0 spiro atoms. The van der Waals surface area contributed by atoms with E-state index in [4.69, 9.17) is 14.5 Å². The zero-order valence-corrected chi connectivity index (χ0v) is 19.0. The van der Waals surface area contributed by atoms with E-state index in [1.807, 2.05) is 70.7 Å². The van der Waals surface area contributed by atoms with Crippen molar-refractivity contribution in [3.63, 3.8) is 0 Å². The quantitative estimate of drug-likeness (QED) is 0.459. The SMILES string of the molecule is COc1ccc(Nc2nc(-c3cccc(C(=O)N4C[CH]NCC4)c3)cn3ccnc23)cc1OC. The zero-order valence-electron chi connectivity index (χ0n) is 19.0. The first kappa shape index (κ1) is 21.7. The zero-order chi connectivity index (χ0) is 23.5. The number of nitrogens with one attached hydrogen (secondary N) is 2. The maximum Gasteiger partial charge on any atom is 0.253 e. The van der Waals surface area contributed by atoms with Crippen molar-refractivity contribution in [2.45, 2.75) is 0 Å². The third kappa shape index (κ3) is 4.25. The molecule has 9 nitrogen and oxygen atoms in total. The molecule has 1 saturated heterocycles. The molecule has 1 aliphatic heterocycles. The van der Waals surface area contributed by atoms with Crippen LogP contribution < -0.4 is 20.1 Å². The molecule has 3 heterocycles. The van der Waals surface area contributed by atoms with Gasteiger partial charge >= 0.3 is 0 Å². The number of benzene rings is 2. The van der Waals surface area contributed by atoms with Crippen molar-refractivity contribution in [3.8, 4) is 22.8 Å². The fraction of sp³-hybridized carbons (Fsp3) is 0.200. The number of carbonyl (C=O) groups excluding carboxylic acids is 1. The van der Waals surface area contributed by atoms with Crippen LogP contribution in [-0.2, 0) is 0 Å². The molecule has 1 amide bonds. The number of carbonyl (C=O) groups is 1. The average Bonchev–Trinajstić information content (AvgIpc) is 3.38. The standard InChI is InChI=1S/C25H25N6O3/c1-33-21-7-6-19(15-22(21)34-2)28-23-24-27-10-13-31(24)16-20(29-23)17-4-3-5-18(14-17)25(32)30-11-8-26-9-12-30/h3-8,10,13-16,26H,9,11-12H2,1-2H3,(H,28,29). The third-order valence-electron chi connectivity index (χ3n) is 5.69. The first-order valence-electron chi connectivity index (χ1n) is 10.9. The molecule has 1 aliphatic rings. The minimum atomic E-state index is 0.00647. The van der Waals surface area contributed by atoms with Gasteiger partial charge in [-0.15, -0.1) is 0 Å². The lowest BCUT2D eigenvalue weighted by molar-refractivity contribution is 0.0751. The normalized spacial score (nSPS) is 13.6. The molecule has 0 atom stereocenters. The Morgan fingerprint density at radius 3 is 2.79 bits per heavy atom. The van der Waals surface area contributed by atoms with Crippen molar-refractivity contribution in [1.82, 2.24) is 24.6 Å². The van der Waals surface area contributed by atoms with E-state index in [9.17, 15) is 4.79 Å². The van der Waals surface area contributed by atoms with E-state index in [0.717, 1.165) is 23.5 Å². The molecule has 2 aromatic heterocycles. The number of ether oxygens (including phenoxy) is 2. The van der Waals surface area contributed by atoms with Crippen molar-refractivity contribution in [1.29, 1.82) is 0 Å². The van der Waals surface area contributed by atoms with E-state index in [-0.39, 0.29) is 5.91 Å². The number of anilines is 2. The topological polar surface area (TPSA) is 93.0 Å². The number of methoxy groups -OCH3 is 2. The molecule has 2 N–H and O–H groups in total. The fourth-order valence-electron chi connectivity index (χ4n) is 3.95. The van der Waals surface area contributed by atoms with Crippen LogP contribution in [0, 0.1) is 6.54 Å². The smallest absolute Gasteiger partial charge is 0.253 e. The summed E-state index contributed by atoms with van der Waals surface area (Å²) in [5.74, 6) is 1.85. The molecule has 4 aromatic rings. The highest BCUT2D eigenvalue weighted by molar-refractivity contribution is 5.95. The van der Waals surface area contributed by atoms with Crippen LogP contribution in [0.25, 0.3) is 16.9 Å². The summed E-state index contributed by atoms with van der Waals surface area (Å²) in [6.45, 7) is 3.93. The number of hydrogen-bond donors (Lipinski definition) is 2. The van der Waals surface area contributed by atoms with E-state index in [1.165, 1.54) is 0 Å². The van der Waals surface area contributed by atoms with E-state index < -0.39 is 0 Å². The number of hydrogen-bond acceptors (Lipinski definition) is 7. The molecule has 0 bridgehead atoms. The molecule has 0 unspecified atom stereocenters. The van der Waals surface area contributed by atoms with E-state index in [2.05, 4.69) is 15.6 Å². The van der Waals surface area contributed by atoms with Gasteiger partial charge in [0.25, 0.3) is 5.91 Å². The van der Waals surface area contributed by atoms with Gasteiger partial charge in [0, 0.05) is 67.7 Å². The molecule has 1 radical (unpaired) electrons. The summed E-state index contributed by atoms with van der Waals surface area (Å²) in [5, 5.41) is 6.50. The lowest BCUT2D eigenvalue weighted by Gasteiger charge is -2.27. The van der Waals surface area contributed by atoms with Crippen LogP contribution >= 0.6 is 0 Å². The second-order valence-corrected chi connectivity index (χ2v) is 7.82. The van der Waals surface area contributed by atoms with Gasteiger partial charge in [-0.3, -0.25) is 4.79 Å². The minimum Gasteiger partial charge on any atom is -0.493 e. The van der Waals surface area contributed by atoms with Gasteiger partial charge in [-0.1, -0.05) is 12.1 Å². The number of fused-ring (bicyclic) bond motifs is 1. The van der Waals surface area contributed by atoms with Crippen LogP contribution in [0.4, 0.5) is 11.5 Å². The Morgan fingerprint density at radius 2 is 2.00 bits per heavy atom. The van der Waals surface area contributed by atoms with Gasteiger partial charge in [-0.2, -0.15) is 0 Å². The Labute approximate surface area is 197 Å². The fourth-order valence-corrected chi connectivity index (χ4v) is 3.95. The molecule has 5 rings (SSSR count). The molecule has 9 heteroatoms. The van der Waals surface area contributed by atoms with Gasteiger partial charge in [-0.25, -0.2) is 9.97 Å².